The number of nitrogens with two attached hydrogens (primary N) is 1. The number of benzene rings is 1. The highest BCUT2D eigenvalue weighted by Crippen LogP contribution is 2.38. The quantitative estimate of drug-likeness (QED) is 0.501. The van der Waals surface area contributed by atoms with Gasteiger partial charge in [-0.1, -0.05) is 43.3 Å². The van der Waals surface area contributed by atoms with Gasteiger partial charge >= 0.3 is 6.01 Å². The number of ether oxygens (including phenoxy) is 1. The SMILES string of the molecule is COc1ncc(-c2nc(C(C)(c3ccc(-c4cnc(N)nc4)cc3)C(C)C)no2)cn1. The van der Waals surface area contributed by atoms with Crippen molar-refractivity contribution >= 4 is 5.95 Å². The Morgan fingerprint density at radius 2 is 1.52 bits per heavy atom. The lowest BCUT2D eigenvalue weighted by atomic mass is 9.72. The average molecular weight is 417 g/mol. The Labute approximate surface area is 179 Å². The van der Waals surface area contributed by atoms with Gasteiger partial charge in [0.05, 0.1) is 18.1 Å². The van der Waals surface area contributed by atoms with Crippen LogP contribution in [0, 0.1) is 5.92 Å². The third-order valence-corrected chi connectivity index (χ3v) is 5.59. The highest BCUT2D eigenvalue weighted by molar-refractivity contribution is 5.62. The third-order valence-electron chi connectivity index (χ3n) is 5.59. The molecule has 0 aliphatic rings. The summed E-state index contributed by atoms with van der Waals surface area (Å²) in [6.07, 6.45) is 6.61. The molecule has 0 radical (unpaired) electrons. The lowest BCUT2D eigenvalue weighted by molar-refractivity contribution is 0.350. The van der Waals surface area contributed by atoms with Gasteiger partial charge in [-0.05, 0) is 24.0 Å². The van der Waals surface area contributed by atoms with E-state index in [-0.39, 0.29) is 17.9 Å². The first-order valence-corrected chi connectivity index (χ1v) is 9.81. The normalized spacial score (nSPS) is 13.2. The van der Waals surface area contributed by atoms with Crippen LogP contribution in [-0.2, 0) is 5.41 Å². The minimum atomic E-state index is -0.467. The molecular weight excluding hydrogens is 394 g/mol. The van der Waals surface area contributed by atoms with Crippen LogP contribution in [0.1, 0.15) is 32.2 Å². The summed E-state index contributed by atoms with van der Waals surface area (Å²) in [5.74, 6) is 1.41. The van der Waals surface area contributed by atoms with Gasteiger partial charge in [0, 0.05) is 30.4 Å². The number of hydrogen-bond acceptors (Lipinski definition) is 9. The number of anilines is 1. The molecule has 9 heteroatoms. The Kier molecular flexibility index (Phi) is 5.33. The van der Waals surface area contributed by atoms with E-state index in [0.717, 1.165) is 16.7 Å². The van der Waals surface area contributed by atoms with Crippen LogP contribution in [-0.4, -0.2) is 37.2 Å². The lowest BCUT2D eigenvalue weighted by Gasteiger charge is -2.31. The van der Waals surface area contributed by atoms with E-state index in [0.29, 0.717) is 17.3 Å². The largest absolute Gasteiger partial charge is 0.467 e. The van der Waals surface area contributed by atoms with Gasteiger partial charge < -0.3 is 15.0 Å². The third kappa shape index (κ3) is 3.81. The second kappa shape index (κ2) is 8.10. The molecule has 0 fully saturated rings. The minimum absolute atomic E-state index is 0.204. The Hall–Kier alpha value is -3.88. The molecule has 1 unspecified atom stereocenters. The first-order chi connectivity index (χ1) is 14.9. The highest BCUT2D eigenvalue weighted by Gasteiger charge is 2.37. The minimum Gasteiger partial charge on any atom is -0.467 e. The molecule has 158 valence electrons. The summed E-state index contributed by atoms with van der Waals surface area (Å²) >= 11 is 0. The molecule has 2 N–H and O–H groups in total. The number of aromatic nitrogens is 6. The van der Waals surface area contributed by atoms with Gasteiger partial charge in [-0.25, -0.2) is 19.9 Å². The molecule has 0 aliphatic carbocycles. The maximum atomic E-state index is 5.58. The molecule has 1 atom stereocenters. The number of nitrogens with zero attached hydrogens (tertiary/aromatic N) is 6. The second-order valence-electron chi connectivity index (χ2n) is 7.65. The molecule has 9 nitrogen and oxygen atoms in total. The molecule has 1 aromatic carbocycles. The zero-order valence-electron chi connectivity index (χ0n) is 17.8. The van der Waals surface area contributed by atoms with Crippen molar-refractivity contribution in [1.82, 2.24) is 30.1 Å². The molecule has 3 aromatic heterocycles. The van der Waals surface area contributed by atoms with Crippen LogP contribution in [0.3, 0.4) is 0 Å². The van der Waals surface area contributed by atoms with E-state index in [1.807, 2.05) is 12.1 Å². The molecule has 4 aromatic rings. The van der Waals surface area contributed by atoms with Gasteiger partial charge in [-0.2, -0.15) is 4.98 Å². The van der Waals surface area contributed by atoms with Gasteiger partial charge in [-0.15, -0.1) is 0 Å². The second-order valence-corrected chi connectivity index (χ2v) is 7.65. The van der Waals surface area contributed by atoms with Crippen LogP contribution >= 0.6 is 0 Å². The number of hydrogen-bond donors (Lipinski definition) is 1. The van der Waals surface area contributed by atoms with E-state index in [2.05, 4.69) is 63.0 Å². The van der Waals surface area contributed by atoms with Crippen molar-refractivity contribution in [3.63, 3.8) is 0 Å². The van der Waals surface area contributed by atoms with Gasteiger partial charge in [0.15, 0.2) is 5.82 Å². The summed E-state index contributed by atoms with van der Waals surface area (Å²) in [5, 5.41) is 4.29. The fourth-order valence-corrected chi connectivity index (χ4v) is 3.30. The number of methoxy groups -OCH3 is 1. The molecule has 31 heavy (non-hydrogen) atoms. The summed E-state index contributed by atoms with van der Waals surface area (Å²) in [6.45, 7) is 6.38. The van der Waals surface area contributed by atoms with E-state index in [1.165, 1.54) is 7.11 Å². The van der Waals surface area contributed by atoms with Crippen LogP contribution in [0.15, 0.2) is 53.6 Å². The molecule has 0 spiro atoms. The fraction of sp³-hybridized carbons (Fsp3) is 0.273. The van der Waals surface area contributed by atoms with Crippen LogP contribution in [0.5, 0.6) is 6.01 Å². The molecule has 0 saturated heterocycles. The Morgan fingerprint density at radius 3 is 2.10 bits per heavy atom. The van der Waals surface area contributed by atoms with Crippen molar-refractivity contribution in [3.8, 4) is 28.6 Å². The van der Waals surface area contributed by atoms with Crippen molar-refractivity contribution in [2.45, 2.75) is 26.2 Å². The Balaban J connectivity index is 1.67. The van der Waals surface area contributed by atoms with Crippen LogP contribution < -0.4 is 10.5 Å². The molecule has 0 saturated carbocycles. The highest BCUT2D eigenvalue weighted by atomic mass is 16.5. The molecule has 0 amide bonds. The molecule has 4 rings (SSSR count). The van der Waals surface area contributed by atoms with Crippen molar-refractivity contribution in [2.75, 3.05) is 12.8 Å². The number of nitrogen functional groups attached to an aromatic ring is 1. The van der Waals surface area contributed by atoms with Crippen LogP contribution in [0.4, 0.5) is 5.95 Å². The predicted molar refractivity (Wildman–Crippen MR) is 115 cm³/mol. The van der Waals surface area contributed by atoms with Crippen LogP contribution in [0.25, 0.3) is 22.6 Å². The van der Waals surface area contributed by atoms with Crippen molar-refractivity contribution in [2.24, 2.45) is 5.92 Å². The molecule has 0 aliphatic heterocycles. The molecular formula is C22H23N7O2. The summed E-state index contributed by atoms with van der Waals surface area (Å²) in [7, 11) is 1.51. The van der Waals surface area contributed by atoms with E-state index in [9.17, 15) is 0 Å². The molecule has 3 heterocycles. The first kappa shape index (κ1) is 20.4. The summed E-state index contributed by atoms with van der Waals surface area (Å²) in [4.78, 5) is 21.0. The smallest absolute Gasteiger partial charge is 0.316 e. The monoisotopic (exact) mass is 417 g/mol. The van der Waals surface area contributed by atoms with E-state index in [4.69, 9.17) is 15.0 Å². The number of rotatable bonds is 6. The maximum absolute atomic E-state index is 5.58. The summed E-state index contributed by atoms with van der Waals surface area (Å²) in [6, 6.07) is 8.48. The summed E-state index contributed by atoms with van der Waals surface area (Å²) < 4.78 is 10.5. The van der Waals surface area contributed by atoms with E-state index >= 15 is 0 Å². The predicted octanol–water partition coefficient (Wildman–Crippen LogP) is 3.54. The van der Waals surface area contributed by atoms with Crippen molar-refractivity contribution in [1.29, 1.82) is 0 Å². The average Bonchev–Trinajstić information content (AvgIpc) is 3.30. The fourth-order valence-electron chi connectivity index (χ4n) is 3.30. The van der Waals surface area contributed by atoms with E-state index < -0.39 is 5.41 Å². The van der Waals surface area contributed by atoms with Gasteiger partial charge in [-0.3, -0.25) is 0 Å². The zero-order chi connectivity index (χ0) is 22.0. The Morgan fingerprint density at radius 1 is 0.903 bits per heavy atom. The van der Waals surface area contributed by atoms with E-state index in [1.54, 1.807) is 24.8 Å². The zero-order valence-corrected chi connectivity index (χ0v) is 17.8. The van der Waals surface area contributed by atoms with Gasteiger partial charge in [0.1, 0.15) is 0 Å². The summed E-state index contributed by atoms with van der Waals surface area (Å²) in [5.41, 5.74) is 8.71. The topological polar surface area (TPSA) is 126 Å². The Bertz CT molecular complexity index is 1160. The molecule has 0 bridgehead atoms. The lowest BCUT2D eigenvalue weighted by Crippen LogP contribution is -2.31. The van der Waals surface area contributed by atoms with Crippen molar-refractivity contribution in [3.05, 3.63) is 60.4 Å². The maximum Gasteiger partial charge on any atom is 0.316 e. The first-order valence-electron chi connectivity index (χ1n) is 9.81. The van der Waals surface area contributed by atoms with Gasteiger partial charge in [0.25, 0.3) is 5.89 Å². The van der Waals surface area contributed by atoms with Crippen molar-refractivity contribution < 1.29 is 9.26 Å². The standard InChI is InChI=1S/C22H23N7O2/c1-13(2)22(3,17-7-5-14(6-8-17)15-9-24-20(23)25-10-15)19-28-18(31-29-19)16-11-26-21(30-4)27-12-16/h5-13H,1-4H3,(H2,23,24,25). The van der Waals surface area contributed by atoms with Gasteiger partial charge in [0.2, 0.25) is 5.95 Å². The van der Waals surface area contributed by atoms with Crippen LogP contribution in [0.2, 0.25) is 0 Å².